The van der Waals surface area contributed by atoms with Crippen LogP contribution in [0.15, 0.2) is 0 Å². The van der Waals surface area contributed by atoms with Crippen molar-refractivity contribution in [2.45, 2.75) is 46.0 Å². The van der Waals surface area contributed by atoms with Gasteiger partial charge in [-0.05, 0) is 31.1 Å². The van der Waals surface area contributed by atoms with Gasteiger partial charge in [-0.3, -0.25) is 0 Å². The lowest BCUT2D eigenvalue weighted by molar-refractivity contribution is 0.297. The predicted molar refractivity (Wildman–Crippen MR) is 79.2 cm³/mol. The molecule has 0 bridgehead atoms. The molecule has 1 aliphatic heterocycles. The Hall–Kier alpha value is 0.350. The van der Waals surface area contributed by atoms with Crippen molar-refractivity contribution in [1.29, 1.82) is 0 Å². The van der Waals surface area contributed by atoms with Gasteiger partial charge in [-0.1, -0.05) is 36.2 Å². The minimum absolute atomic E-state index is 0.0306. The zero-order chi connectivity index (χ0) is 13.6. The van der Waals surface area contributed by atoms with Gasteiger partial charge in [-0.25, -0.2) is 4.72 Å². The van der Waals surface area contributed by atoms with Gasteiger partial charge in [0, 0.05) is 25.0 Å². The van der Waals surface area contributed by atoms with E-state index in [1.807, 2.05) is 0 Å². The van der Waals surface area contributed by atoms with E-state index in [9.17, 15) is 8.42 Å². The van der Waals surface area contributed by atoms with Crippen molar-refractivity contribution in [2.75, 3.05) is 25.0 Å². The van der Waals surface area contributed by atoms with Gasteiger partial charge in [0.25, 0.3) is 10.2 Å². The fourth-order valence-corrected chi connectivity index (χ4v) is 4.58. The second-order valence-corrected chi connectivity index (χ2v) is 7.44. The highest BCUT2D eigenvalue weighted by molar-refractivity contribution is 9.09. The maximum Gasteiger partial charge on any atom is 0.279 e. The summed E-state index contributed by atoms with van der Waals surface area (Å²) in [7, 11) is -3.28. The first-order valence-electron chi connectivity index (χ1n) is 6.80. The molecule has 4 nitrogen and oxygen atoms in total. The first-order chi connectivity index (χ1) is 8.49. The van der Waals surface area contributed by atoms with Gasteiger partial charge in [0.05, 0.1) is 0 Å². The number of hydrogen-bond acceptors (Lipinski definition) is 2. The highest BCUT2D eigenvalue weighted by atomic mass is 79.9. The van der Waals surface area contributed by atoms with Gasteiger partial charge in [-0.15, -0.1) is 0 Å². The third-order valence-corrected chi connectivity index (χ3v) is 6.81. The van der Waals surface area contributed by atoms with E-state index < -0.39 is 10.2 Å². The van der Waals surface area contributed by atoms with Gasteiger partial charge in [0.15, 0.2) is 0 Å². The Morgan fingerprint density at radius 2 is 1.72 bits per heavy atom. The lowest BCUT2D eigenvalue weighted by Gasteiger charge is -2.32. The molecule has 1 heterocycles. The fraction of sp³-hybridized carbons (Fsp3) is 1.00. The topological polar surface area (TPSA) is 49.4 Å². The smallest absolute Gasteiger partial charge is 0.202 e. The fourth-order valence-electron chi connectivity index (χ4n) is 2.18. The van der Waals surface area contributed by atoms with Crippen LogP contribution in [0.4, 0.5) is 0 Å². The number of alkyl halides is 1. The molecule has 0 saturated carbocycles. The third kappa shape index (κ3) is 4.18. The van der Waals surface area contributed by atoms with E-state index in [1.54, 1.807) is 4.31 Å². The summed E-state index contributed by atoms with van der Waals surface area (Å²) < 4.78 is 28.7. The normalized spacial score (nSPS) is 19.1. The summed E-state index contributed by atoms with van der Waals surface area (Å²) in [5.41, 5.74) is 0.0306. The molecule has 1 saturated heterocycles. The summed E-state index contributed by atoms with van der Waals surface area (Å²) in [4.78, 5) is 0. The zero-order valence-electron chi connectivity index (χ0n) is 11.4. The molecule has 0 atom stereocenters. The van der Waals surface area contributed by atoms with E-state index in [1.165, 1.54) is 0 Å². The maximum atomic E-state index is 12.2. The number of piperidine rings is 1. The average molecular weight is 341 g/mol. The van der Waals surface area contributed by atoms with Crippen LogP contribution >= 0.6 is 15.9 Å². The number of nitrogens with zero attached hydrogens (tertiary/aromatic N) is 1. The standard InChI is InChI=1S/C12H25BrN2O2S/c1-3-12(4-2,10-13)11-14-18(16,17)15-8-6-5-7-9-15/h14H,3-11H2,1-2H3. The highest BCUT2D eigenvalue weighted by Crippen LogP contribution is 2.28. The van der Waals surface area contributed by atoms with Crippen molar-refractivity contribution in [3.8, 4) is 0 Å². The van der Waals surface area contributed by atoms with E-state index in [4.69, 9.17) is 0 Å². The first kappa shape index (κ1) is 16.4. The van der Waals surface area contributed by atoms with Gasteiger partial charge < -0.3 is 0 Å². The van der Waals surface area contributed by atoms with E-state index >= 15 is 0 Å². The summed E-state index contributed by atoms with van der Waals surface area (Å²) in [5, 5.41) is 0.829. The van der Waals surface area contributed by atoms with Crippen LogP contribution in [-0.4, -0.2) is 37.7 Å². The summed E-state index contributed by atoms with van der Waals surface area (Å²) in [6.45, 7) is 6.06. The lowest BCUT2D eigenvalue weighted by Crippen LogP contribution is -2.47. The summed E-state index contributed by atoms with van der Waals surface area (Å²) in [5.74, 6) is 0. The minimum Gasteiger partial charge on any atom is -0.202 e. The molecule has 108 valence electrons. The summed E-state index contributed by atoms with van der Waals surface area (Å²) >= 11 is 3.51. The van der Waals surface area contributed by atoms with Crippen LogP contribution < -0.4 is 4.72 Å². The first-order valence-corrected chi connectivity index (χ1v) is 9.36. The molecule has 0 radical (unpaired) electrons. The summed E-state index contributed by atoms with van der Waals surface area (Å²) in [6, 6.07) is 0. The van der Waals surface area contributed by atoms with Crippen LogP contribution in [0.25, 0.3) is 0 Å². The van der Waals surface area contributed by atoms with Gasteiger partial charge in [0.2, 0.25) is 0 Å². The van der Waals surface area contributed by atoms with E-state index in [0.717, 1.165) is 37.4 Å². The number of rotatable bonds is 7. The molecule has 0 aliphatic carbocycles. The van der Waals surface area contributed by atoms with Crippen LogP contribution in [0.1, 0.15) is 46.0 Å². The van der Waals surface area contributed by atoms with Gasteiger partial charge in [-0.2, -0.15) is 12.7 Å². The SMILES string of the molecule is CCC(CC)(CBr)CNS(=O)(=O)N1CCCCC1. The summed E-state index contributed by atoms with van der Waals surface area (Å²) in [6.07, 6.45) is 5.04. The molecule has 0 unspecified atom stereocenters. The van der Waals surface area contributed by atoms with Crippen molar-refractivity contribution < 1.29 is 8.42 Å². The lowest BCUT2D eigenvalue weighted by atomic mass is 9.85. The molecule has 0 aromatic carbocycles. The molecule has 0 spiro atoms. The molecule has 1 aliphatic rings. The second-order valence-electron chi connectivity index (χ2n) is 5.13. The zero-order valence-corrected chi connectivity index (χ0v) is 13.8. The van der Waals surface area contributed by atoms with Crippen LogP contribution in [0.5, 0.6) is 0 Å². The van der Waals surface area contributed by atoms with Gasteiger partial charge in [0.1, 0.15) is 0 Å². The van der Waals surface area contributed by atoms with Crippen molar-refractivity contribution in [2.24, 2.45) is 5.41 Å². The largest absolute Gasteiger partial charge is 0.279 e. The van der Waals surface area contributed by atoms with Crippen molar-refractivity contribution in [3.63, 3.8) is 0 Å². The Bertz CT molecular complexity index is 328. The van der Waals surface area contributed by atoms with E-state index in [0.29, 0.717) is 19.6 Å². The Balaban J connectivity index is 2.59. The quantitative estimate of drug-likeness (QED) is 0.724. The predicted octanol–water partition coefficient (Wildman–Crippen LogP) is 2.51. The molecule has 18 heavy (non-hydrogen) atoms. The number of nitrogens with one attached hydrogen (secondary N) is 1. The van der Waals surface area contributed by atoms with Crippen LogP contribution in [0.2, 0.25) is 0 Å². The van der Waals surface area contributed by atoms with E-state index in [2.05, 4.69) is 34.5 Å². The average Bonchev–Trinajstić information content (AvgIpc) is 2.42. The number of hydrogen-bond donors (Lipinski definition) is 1. The molecule has 1 fully saturated rings. The molecular weight excluding hydrogens is 316 g/mol. The van der Waals surface area contributed by atoms with Gasteiger partial charge >= 0.3 is 0 Å². The van der Waals surface area contributed by atoms with Crippen LogP contribution in [-0.2, 0) is 10.2 Å². The Kier molecular flexibility index (Phi) is 6.58. The monoisotopic (exact) mass is 340 g/mol. The molecule has 0 amide bonds. The van der Waals surface area contributed by atoms with Crippen LogP contribution in [0, 0.1) is 5.41 Å². The van der Waals surface area contributed by atoms with Crippen LogP contribution in [0.3, 0.4) is 0 Å². The molecule has 6 heteroatoms. The Morgan fingerprint density at radius 1 is 1.17 bits per heavy atom. The molecule has 0 aromatic rings. The second kappa shape index (κ2) is 7.22. The van der Waals surface area contributed by atoms with E-state index in [-0.39, 0.29) is 5.41 Å². The van der Waals surface area contributed by atoms with Crippen molar-refractivity contribution in [1.82, 2.24) is 9.03 Å². The Labute approximate surface area is 120 Å². The maximum absolute atomic E-state index is 12.2. The Morgan fingerprint density at radius 3 is 2.17 bits per heavy atom. The van der Waals surface area contributed by atoms with Crippen molar-refractivity contribution >= 4 is 26.1 Å². The number of halogens is 1. The third-order valence-electron chi connectivity index (χ3n) is 4.07. The van der Waals surface area contributed by atoms with Crippen molar-refractivity contribution in [3.05, 3.63) is 0 Å². The molecule has 1 N–H and O–H groups in total. The highest BCUT2D eigenvalue weighted by Gasteiger charge is 2.29. The molecular formula is C12H25BrN2O2S. The molecule has 1 rings (SSSR count). The minimum atomic E-state index is -3.28. The molecule has 0 aromatic heterocycles.